The minimum atomic E-state index is -0.725. The number of carboxylic acid groups (broad SMARTS) is 1. The molecule has 1 aromatic carbocycles. The quantitative estimate of drug-likeness (QED) is 0.376. The number of hydrogen-bond acceptors (Lipinski definition) is 5. The van der Waals surface area contributed by atoms with Gasteiger partial charge < -0.3 is 9.94 Å². The fraction of sp³-hybridized carbons (Fsp3) is 0.400. The average Bonchev–Trinajstić information content (AvgIpc) is 3.08. The van der Waals surface area contributed by atoms with E-state index in [1.165, 1.54) is 0 Å². The van der Waals surface area contributed by atoms with Crippen molar-refractivity contribution in [3.05, 3.63) is 55.7 Å². The maximum Gasteiger partial charge on any atom is 0.307 e. The van der Waals surface area contributed by atoms with Crippen LogP contribution in [0.15, 0.2) is 34.8 Å². The number of hydrogen-bond donors (Lipinski definition) is 1. The van der Waals surface area contributed by atoms with E-state index in [9.17, 15) is 9.90 Å². The molecule has 28 heavy (non-hydrogen) atoms. The van der Waals surface area contributed by atoms with E-state index in [4.69, 9.17) is 28.0 Å². The molecule has 1 aromatic heterocycles. The fourth-order valence-corrected chi connectivity index (χ4v) is 4.67. The van der Waals surface area contributed by atoms with Gasteiger partial charge in [-0.25, -0.2) is 0 Å². The highest BCUT2D eigenvalue weighted by Crippen LogP contribution is 2.27. The van der Waals surface area contributed by atoms with Gasteiger partial charge in [-0.15, -0.1) is 11.3 Å². The number of halogens is 2. The number of carbonyl (C=O) groups is 1. The van der Waals surface area contributed by atoms with Crippen LogP contribution in [0, 0.1) is 12.8 Å². The van der Waals surface area contributed by atoms with Crippen molar-refractivity contribution in [2.75, 3.05) is 26.2 Å². The van der Waals surface area contributed by atoms with Crippen LogP contribution < -0.4 is 0 Å². The van der Waals surface area contributed by atoms with Crippen molar-refractivity contribution in [3.8, 4) is 0 Å². The smallest absolute Gasteiger partial charge is 0.307 e. The number of rotatable bonds is 7. The zero-order valence-corrected chi connectivity index (χ0v) is 17.9. The second-order valence-electron chi connectivity index (χ2n) is 6.81. The second kappa shape index (κ2) is 9.74. The summed E-state index contributed by atoms with van der Waals surface area (Å²) in [6, 6.07) is 7.34. The lowest BCUT2D eigenvalue weighted by atomic mass is 9.98. The predicted octanol–water partition coefficient (Wildman–Crippen LogP) is 4.93. The largest absolute Gasteiger partial charge is 0.481 e. The molecule has 8 heteroatoms. The molecule has 1 N–H and O–H groups in total. The molecule has 0 saturated carbocycles. The molecule has 0 radical (unpaired) electrons. The molecule has 5 nitrogen and oxygen atoms in total. The number of oxime groups is 1. The van der Waals surface area contributed by atoms with E-state index in [0.717, 1.165) is 35.4 Å². The Balaban J connectivity index is 1.70. The number of carboxylic acids is 1. The Morgan fingerprint density at radius 1 is 1.39 bits per heavy atom. The minimum Gasteiger partial charge on any atom is -0.481 e. The maximum atomic E-state index is 11.2. The van der Waals surface area contributed by atoms with Gasteiger partial charge in [0, 0.05) is 23.7 Å². The third-order valence-electron chi connectivity index (χ3n) is 4.77. The van der Waals surface area contributed by atoms with Gasteiger partial charge in [-0.1, -0.05) is 28.4 Å². The second-order valence-corrected chi connectivity index (χ2v) is 8.57. The van der Waals surface area contributed by atoms with Gasteiger partial charge in [-0.3, -0.25) is 9.69 Å². The van der Waals surface area contributed by atoms with E-state index in [1.807, 2.05) is 24.4 Å². The van der Waals surface area contributed by atoms with Gasteiger partial charge in [-0.05, 0) is 61.5 Å². The molecule has 3 rings (SSSR count). The summed E-state index contributed by atoms with van der Waals surface area (Å²) in [6.07, 6.45) is 1.63. The van der Waals surface area contributed by atoms with Crippen LogP contribution in [0.3, 0.4) is 0 Å². The zero-order valence-electron chi connectivity index (χ0n) is 15.5. The Morgan fingerprint density at radius 3 is 2.89 bits per heavy atom. The highest BCUT2D eigenvalue weighted by Gasteiger charge is 2.25. The Labute approximate surface area is 178 Å². The Bertz CT molecular complexity index is 869. The Kier molecular flexibility index (Phi) is 7.35. The summed E-state index contributed by atoms with van der Waals surface area (Å²) in [5.74, 6) is -1.02. The van der Waals surface area contributed by atoms with Crippen LogP contribution in [0.25, 0.3) is 0 Å². The lowest BCUT2D eigenvalue weighted by molar-refractivity contribution is -0.143. The lowest BCUT2D eigenvalue weighted by Crippen LogP contribution is -2.40. The van der Waals surface area contributed by atoms with Crippen LogP contribution in [0.5, 0.6) is 0 Å². The Morgan fingerprint density at radius 2 is 2.21 bits per heavy atom. The molecule has 1 aliphatic heterocycles. The van der Waals surface area contributed by atoms with Crippen molar-refractivity contribution in [3.63, 3.8) is 0 Å². The van der Waals surface area contributed by atoms with Gasteiger partial charge in [0.05, 0.1) is 15.8 Å². The summed E-state index contributed by atoms with van der Waals surface area (Å²) >= 11 is 14.0. The van der Waals surface area contributed by atoms with Crippen molar-refractivity contribution < 1.29 is 14.7 Å². The summed E-state index contributed by atoms with van der Waals surface area (Å²) < 4.78 is 0. The molecule has 2 aromatic rings. The number of benzene rings is 1. The first-order valence-corrected chi connectivity index (χ1v) is 10.7. The molecule has 1 fully saturated rings. The monoisotopic (exact) mass is 440 g/mol. The van der Waals surface area contributed by atoms with E-state index in [-0.39, 0.29) is 5.92 Å². The van der Waals surface area contributed by atoms with Crippen molar-refractivity contribution in [2.24, 2.45) is 11.1 Å². The van der Waals surface area contributed by atoms with Crippen LogP contribution in [-0.2, 0) is 9.63 Å². The van der Waals surface area contributed by atoms with E-state index in [2.05, 4.69) is 10.1 Å². The standard InChI is InChI=1S/C20H22Cl2N2O3S/c1-13-6-10-28-19(13)18(16-5-4-15(21)11-17(16)22)23-27-9-8-24-7-2-3-14(12-24)20(25)26/h4-6,10-11,14H,2-3,7-9,12H2,1H3,(H,25,26)/b23-18-/t14-/m1/s1. The number of nitrogens with zero attached hydrogens (tertiary/aromatic N) is 2. The van der Waals surface area contributed by atoms with Gasteiger partial charge in [0.2, 0.25) is 0 Å². The van der Waals surface area contributed by atoms with Crippen LogP contribution in [0.4, 0.5) is 0 Å². The molecule has 1 saturated heterocycles. The molecule has 0 spiro atoms. The number of thiophene rings is 1. The molecule has 0 bridgehead atoms. The molecule has 150 valence electrons. The first-order chi connectivity index (χ1) is 13.5. The third kappa shape index (κ3) is 5.26. The van der Waals surface area contributed by atoms with E-state index in [1.54, 1.807) is 23.5 Å². The SMILES string of the molecule is Cc1ccsc1/C(=N\OCCN1CCC[C@@H](C(=O)O)C1)c1ccc(Cl)cc1Cl. The van der Waals surface area contributed by atoms with Crippen molar-refractivity contribution in [1.29, 1.82) is 0 Å². The molecule has 1 aliphatic rings. The molecule has 0 amide bonds. The van der Waals surface area contributed by atoms with Crippen LogP contribution in [0.1, 0.15) is 28.8 Å². The topological polar surface area (TPSA) is 62.1 Å². The van der Waals surface area contributed by atoms with Gasteiger partial charge >= 0.3 is 5.97 Å². The van der Waals surface area contributed by atoms with Gasteiger partial charge in [0.1, 0.15) is 12.3 Å². The van der Waals surface area contributed by atoms with Crippen LogP contribution in [-0.4, -0.2) is 47.9 Å². The predicted molar refractivity (Wildman–Crippen MR) is 114 cm³/mol. The Hall–Kier alpha value is -1.60. The molecule has 1 atom stereocenters. The summed E-state index contributed by atoms with van der Waals surface area (Å²) in [5, 5.41) is 16.7. The molecule has 0 unspecified atom stereocenters. The molecular formula is C20H22Cl2N2O3S. The van der Waals surface area contributed by atoms with E-state index < -0.39 is 5.97 Å². The number of aryl methyl sites for hydroxylation is 1. The number of likely N-dealkylation sites (tertiary alicyclic amines) is 1. The van der Waals surface area contributed by atoms with Gasteiger partial charge in [0.15, 0.2) is 0 Å². The zero-order chi connectivity index (χ0) is 20.1. The lowest BCUT2D eigenvalue weighted by Gasteiger charge is -2.29. The average molecular weight is 441 g/mol. The van der Waals surface area contributed by atoms with E-state index in [0.29, 0.717) is 35.5 Å². The van der Waals surface area contributed by atoms with Crippen LogP contribution >= 0.6 is 34.5 Å². The first kappa shape index (κ1) is 21.1. The van der Waals surface area contributed by atoms with Gasteiger partial charge in [0.25, 0.3) is 0 Å². The highest BCUT2D eigenvalue weighted by molar-refractivity contribution is 7.12. The summed E-state index contributed by atoms with van der Waals surface area (Å²) in [5.41, 5.74) is 2.54. The fourth-order valence-electron chi connectivity index (χ4n) is 3.25. The van der Waals surface area contributed by atoms with Crippen molar-refractivity contribution in [2.45, 2.75) is 19.8 Å². The normalized spacial score (nSPS) is 18.2. The summed E-state index contributed by atoms with van der Waals surface area (Å²) in [6.45, 7) is 4.48. The van der Waals surface area contributed by atoms with Crippen molar-refractivity contribution in [1.82, 2.24) is 4.90 Å². The van der Waals surface area contributed by atoms with Crippen LogP contribution in [0.2, 0.25) is 10.0 Å². The van der Waals surface area contributed by atoms with E-state index >= 15 is 0 Å². The maximum absolute atomic E-state index is 11.2. The minimum absolute atomic E-state index is 0.297. The molecular weight excluding hydrogens is 419 g/mol. The number of aliphatic carboxylic acids is 1. The molecule has 2 heterocycles. The van der Waals surface area contributed by atoms with Crippen molar-refractivity contribution >= 4 is 46.2 Å². The summed E-state index contributed by atoms with van der Waals surface area (Å²) in [4.78, 5) is 19.9. The summed E-state index contributed by atoms with van der Waals surface area (Å²) in [7, 11) is 0. The molecule has 0 aliphatic carbocycles. The first-order valence-electron chi connectivity index (χ1n) is 9.10. The number of piperidine rings is 1. The third-order valence-corrected chi connectivity index (χ3v) is 6.34. The highest BCUT2D eigenvalue weighted by atomic mass is 35.5. The van der Waals surface area contributed by atoms with Gasteiger partial charge in [-0.2, -0.15) is 0 Å².